The molecule has 0 radical (unpaired) electrons. The van der Waals surface area contributed by atoms with Crippen LogP contribution in [0.2, 0.25) is 0 Å². The van der Waals surface area contributed by atoms with Gasteiger partial charge in [-0.2, -0.15) is 9.97 Å². The highest BCUT2D eigenvalue weighted by molar-refractivity contribution is 7.92. The number of nitrogens with one attached hydrogen (secondary N) is 1. The summed E-state index contributed by atoms with van der Waals surface area (Å²) >= 11 is 0. The quantitative estimate of drug-likeness (QED) is 0.908. The fourth-order valence-electron chi connectivity index (χ4n) is 2.10. The van der Waals surface area contributed by atoms with Crippen molar-refractivity contribution in [2.24, 2.45) is 0 Å². The van der Waals surface area contributed by atoms with Gasteiger partial charge in [-0.1, -0.05) is 6.07 Å². The molecular formula is C16H21N3O3S. The topological polar surface area (TPSA) is 81.2 Å². The summed E-state index contributed by atoms with van der Waals surface area (Å²) in [6, 6.07) is 5.28. The lowest BCUT2D eigenvalue weighted by Crippen LogP contribution is -2.16. The van der Waals surface area contributed by atoms with Crippen molar-refractivity contribution in [1.82, 2.24) is 9.97 Å². The van der Waals surface area contributed by atoms with E-state index in [-0.39, 0.29) is 10.9 Å². The monoisotopic (exact) mass is 335 g/mol. The Morgan fingerprint density at radius 1 is 1.04 bits per heavy atom. The number of benzene rings is 1. The van der Waals surface area contributed by atoms with E-state index in [1.807, 2.05) is 20.8 Å². The van der Waals surface area contributed by atoms with Crippen molar-refractivity contribution in [3.63, 3.8) is 0 Å². The maximum absolute atomic E-state index is 12.6. The van der Waals surface area contributed by atoms with E-state index < -0.39 is 10.0 Å². The number of aryl methyl sites for hydroxylation is 4. The number of hydrogen-bond acceptors (Lipinski definition) is 5. The second-order valence-corrected chi connectivity index (χ2v) is 7.02. The van der Waals surface area contributed by atoms with Crippen LogP contribution in [-0.2, 0) is 10.0 Å². The minimum atomic E-state index is -3.69. The molecule has 23 heavy (non-hydrogen) atoms. The Bertz CT molecular complexity index is 809. The molecule has 0 saturated heterocycles. The van der Waals surface area contributed by atoms with E-state index in [1.165, 1.54) is 0 Å². The Morgan fingerprint density at radius 3 is 2.17 bits per heavy atom. The van der Waals surface area contributed by atoms with Crippen molar-refractivity contribution in [2.75, 3.05) is 11.3 Å². The van der Waals surface area contributed by atoms with Crippen molar-refractivity contribution >= 4 is 15.7 Å². The molecule has 0 unspecified atom stereocenters. The largest absolute Gasteiger partial charge is 0.464 e. The summed E-state index contributed by atoms with van der Waals surface area (Å²) in [5.41, 5.74) is 3.39. The van der Waals surface area contributed by atoms with Crippen LogP contribution in [0.1, 0.15) is 29.4 Å². The van der Waals surface area contributed by atoms with Crippen LogP contribution in [0.3, 0.4) is 0 Å². The second kappa shape index (κ2) is 6.54. The Balaban J connectivity index is 2.39. The van der Waals surface area contributed by atoms with Crippen LogP contribution in [0.4, 0.5) is 5.69 Å². The van der Waals surface area contributed by atoms with Crippen molar-refractivity contribution in [3.8, 4) is 6.01 Å². The summed E-state index contributed by atoms with van der Waals surface area (Å²) in [5, 5.41) is 0. The Morgan fingerprint density at radius 2 is 1.65 bits per heavy atom. The van der Waals surface area contributed by atoms with E-state index in [1.54, 1.807) is 32.0 Å². The Hall–Kier alpha value is -2.15. The van der Waals surface area contributed by atoms with Crippen LogP contribution in [0.25, 0.3) is 0 Å². The van der Waals surface area contributed by atoms with Gasteiger partial charge in [0.15, 0.2) is 0 Å². The maximum atomic E-state index is 12.6. The number of ether oxygens (including phenoxy) is 1. The molecule has 124 valence electrons. The molecular weight excluding hydrogens is 314 g/mol. The molecule has 0 aliphatic heterocycles. The first-order chi connectivity index (χ1) is 10.7. The van der Waals surface area contributed by atoms with Gasteiger partial charge in [0, 0.05) is 0 Å². The predicted molar refractivity (Wildman–Crippen MR) is 89.4 cm³/mol. The van der Waals surface area contributed by atoms with Gasteiger partial charge in [-0.3, -0.25) is 4.72 Å². The zero-order valence-electron chi connectivity index (χ0n) is 14.0. The normalized spacial score (nSPS) is 11.3. The summed E-state index contributed by atoms with van der Waals surface area (Å²) < 4.78 is 33.0. The van der Waals surface area contributed by atoms with E-state index in [0.717, 1.165) is 11.1 Å². The third-order valence-electron chi connectivity index (χ3n) is 3.55. The number of anilines is 1. The van der Waals surface area contributed by atoms with E-state index in [0.29, 0.717) is 23.7 Å². The van der Waals surface area contributed by atoms with E-state index in [9.17, 15) is 8.42 Å². The van der Waals surface area contributed by atoms with Gasteiger partial charge in [0.2, 0.25) is 0 Å². The fourth-order valence-corrected chi connectivity index (χ4v) is 3.36. The average Bonchev–Trinajstić information content (AvgIpc) is 2.46. The van der Waals surface area contributed by atoms with Crippen LogP contribution >= 0.6 is 0 Å². The van der Waals surface area contributed by atoms with E-state index in [4.69, 9.17) is 4.74 Å². The molecule has 0 fully saturated rings. The van der Waals surface area contributed by atoms with Crippen LogP contribution < -0.4 is 9.46 Å². The third kappa shape index (κ3) is 3.79. The fraction of sp³-hybridized carbons (Fsp3) is 0.375. The summed E-state index contributed by atoms with van der Waals surface area (Å²) in [6.07, 6.45) is 0. The molecule has 2 rings (SSSR count). The van der Waals surface area contributed by atoms with Gasteiger partial charge in [-0.25, -0.2) is 8.42 Å². The molecule has 1 heterocycles. The molecule has 0 atom stereocenters. The minimum absolute atomic E-state index is 0.216. The first-order valence-electron chi connectivity index (χ1n) is 7.32. The maximum Gasteiger partial charge on any atom is 0.316 e. The lowest BCUT2D eigenvalue weighted by molar-refractivity contribution is 0.311. The zero-order chi connectivity index (χ0) is 17.2. The van der Waals surface area contributed by atoms with Gasteiger partial charge < -0.3 is 4.74 Å². The summed E-state index contributed by atoms with van der Waals surface area (Å²) in [5.74, 6) is 0. The number of nitrogens with zero attached hydrogens (tertiary/aromatic N) is 2. The second-order valence-electron chi connectivity index (χ2n) is 5.34. The highest BCUT2D eigenvalue weighted by Gasteiger charge is 2.19. The summed E-state index contributed by atoms with van der Waals surface area (Å²) in [4.78, 5) is 8.56. The lowest BCUT2D eigenvalue weighted by atomic mass is 10.1. The smallest absolute Gasteiger partial charge is 0.316 e. The van der Waals surface area contributed by atoms with Gasteiger partial charge in [-0.15, -0.1) is 0 Å². The molecule has 2 aromatic rings. The first kappa shape index (κ1) is 17.2. The molecule has 1 aromatic heterocycles. The summed E-state index contributed by atoms with van der Waals surface area (Å²) in [7, 11) is -3.69. The number of sulfonamides is 1. The van der Waals surface area contributed by atoms with Crippen molar-refractivity contribution < 1.29 is 13.2 Å². The number of hydrogen-bond donors (Lipinski definition) is 1. The number of rotatable bonds is 5. The van der Waals surface area contributed by atoms with Gasteiger partial charge >= 0.3 is 6.01 Å². The van der Waals surface area contributed by atoms with Crippen LogP contribution in [0, 0.1) is 27.7 Å². The molecule has 0 aliphatic carbocycles. The number of aromatic nitrogens is 2. The summed E-state index contributed by atoms with van der Waals surface area (Å²) in [6.45, 7) is 9.54. The van der Waals surface area contributed by atoms with Gasteiger partial charge in [0.25, 0.3) is 10.0 Å². The molecule has 1 aromatic carbocycles. The van der Waals surface area contributed by atoms with Gasteiger partial charge in [-0.05, 0) is 57.9 Å². The van der Waals surface area contributed by atoms with Crippen LogP contribution in [0.5, 0.6) is 6.01 Å². The lowest BCUT2D eigenvalue weighted by Gasteiger charge is -2.14. The van der Waals surface area contributed by atoms with Crippen molar-refractivity contribution in [3.05, 3.63) is 40.7 Å². The molecule has 0 bridgehead atoms. The van der Waals surface area contributed by atoms with Gasteiger partial charge in [0.05, 0.1) is 28.6 Å². The molecule has 7 heteroatoms. The van der Waals surface area contributed by atoms with E-state index >= 15 is 0 Å². The molecule has 0 aliphatic rings. The van der Waals surface area contributed by atoms with Crippen LogP contribution in [-0.4, -0.2) is 25.0 Å². The highest BCUT2D eigenvalue weighted by Crippen LogP contribution is 2.24. The molecule has 0 amide bonds. The zero-order valence-corrected chi connectivity index (χ0v) is 14.8. The van der Waals surface area contributed by atoms with Crippen molar-refractivity contribution in [2.45, 2.75) is 39.5 Å². The minimum Gasteiger partial charge on any atom is -0.464 e. The standard InChI is InChI=1S/C16H21N3O3S/c1-6-22-16-17-12(4)15(13(5)18-16)19-23(20,21)14-8-7-10(2)11(3)9-14/h7-9,19H,6H2,1-5H3. The molecule has 0 saturated carbocycles. The first-order valence-corrected chi connectivity index (χ1v) is 8.81. The molecule has 6 nitrogen and oxygen atoms in total. The Labute approximate surface area is 137 Å². The molecule has 1 N–H and O–H groups in total. The van der Waals surface area contributed by atoms with Crippen molar-refractivity contribution in [1.29, 1.82) is 0 Å². The van der Waals surface area contributed by atoms with Crippen LogP contribution in [0.15, 0.2) is 23.1 Å². The van der Waals surface area contributed by atoms with E-state index in [2.05, 4.69) is 14.7 Å². The highest BCUT2D eigenvalue weighted by atomic mass is 32.2. The van der Waals surface area contributed by atoms with Gasteiger partial charge in [0.1, 0.15) is 0 Å². The third-order valence-corrected chi connectivity index (χ3v) is 4.90. The predicted octanol–water partition coefficient (Wildman–Crippen LogP) is 2.91. The average molecular weight is 335 g/mol. The molecule has 0 spiro atoms. The Kier molecular flexibility index (Phi) is 4.89. The SMILES string of the molecule is CCOc1nc(C)c(NS(=O)(=O)c2ccc(C)c(C)c2)c(C)n1.